The van der Waals surface area contributed by atoms with E-state index in [1.165, 1.54) is 4.86 Å². The Morgan fingerprint density at radius 2 is 0.704 bits per heavy atom. The normalized spacial score (nSPS) is 12.3. The lowest BCUT2D eigenvalue weighted by atomic mass is 10.1. The van der Waals surface area contributed by atoms with Crippen LogP contribution in [-0.4, -0.2) is 74.9 Å². The van der Waals surface area contributed by atoms with E-state index in [-0.39, 0.29) is 24.8 Å². The molecule has 0 aliphatic heterocycles. The van der Waals surface area contributed by atoms with E-state index in [0.717, 1.165) is 88.4 Å². The number of carbonyl (C=O) groups is 4. The van der Waals surface area contributed by atoms with Gasteiger partial charge in [-0.15, -0.1) is 0 Å². The number of unbranched alkanes of at least 4 members (excludes halogenated alkanes) is 4. The summed E-state index contributed by atoms with van der Waals surface area (Å²) >= 11 is 5.78. The molecule has 0 aromatic carbocycles. The highest BCUT2D eigenvalue weighted by atomic mass is 32.1. The Labute approximate surface area is 339 Å². The van der Waals surface area contributed by atoms with Gasteiger partial charge in [-0.05, 0) is 147 Å². The molecule has 0 heterocycles. The Morgan fingerprint density at radius 3 is 0.981 bits per heavy atom. The number of hydrogen-bond donors (Lipinski definition) is 0. The molecule has 0 aromatic rings. The van der Waals surface area contributed by atoms with Crippen LogP contribution >= 0.6 is 12.2 Å². The van der Waals surface area contributed by atoms with E-state index in [0.29, 0.717) is 49.7 Å². The first-order chi connectivity index (χ1) is 25.0. The number of Topliss-reactive ketones (excluding diaryl/α,β-unsaturated/α-hetero) is 2. The molecule has 8 nitrogen and oxygen atoms in total. The average molecular weight is 843 g/mol. The number of carbonyl (C=O) groups excluding carboxylic acids is 4. The lowest BCUT2D eigenvalue weighted by Crippen LogP contribution is -2.44. The van der Waals surface area contributed by atoms with Crippen molar-refractivity contribution in [1.82, 2.24) is 0 Å². The largest absolute Gasteiger partial charge is 0.462 e. The zero-order valence-corrected chi connectivity index (χ0v) is 41.0. The van der Waals surface area contributed by atoms with Crippen LogP contribution in [0.15, 0.2) is 24.3 Å². The van der Waals surface area contributed by atoms with E-state index in [9.17, 15) is 19.2 Å². The summed E-state index contributed by atoms with van der Waals surface area (Å²) in [7, 11) is -7.12. The Bertz CT molecular complexity index is 1130. The molecule has 0 bridgehead atoms. The van der Waals surface area contributed by atoms with Crippen LogP contribution in [-0.2, 0) is 36.9 Å². The standard InChI is InChI=1S/C41H78O8SSi4/c1-35(2)40(44)46-29-21-25-37(42)23-13-17-31-51(5,6)48-53(9,10)33-19-15-27-39(50)28-16-20-34-54(11,12)49-52(7,8)32-18-14-24-38(43)26-22-30-47-41(45)36(3)4/h1,3,13-34H2,2,4-12H3. The summed E-state index contributed by atoms with van der Waals surface area (Å²) in [5.41, 5.74) is 0.761. The minimum atomic E-state index is -1.79. The summed E-state index contributed by atoms with van der Waals surface area (Å²) in [5, 5.41) is 0. The summed E-state index contributed by atoms with van der Waals surface area (Å²) in [4.78, 5) is 48.5. The zero-order valence-electron chi connectivity index (χ0n) is 36.1. The fourth-order valence-corrected chi connectivity index (χ4v) is 25.0. The monoisotopic (exact) mass is 842 g/mol. The van der Waals surface area contributed by atoms with Gasteiger partial charge in [-0.2, -0.15) is 0 Å². The number of hydrogen-bond acceptors (Lipinski definition) is 9. The van der Waals surface area contributed by atoms with E-state index in [1.807, 2.05) is 0 Å². The molecule has 0 aliphatic rings. The Morgan fingerprint density at radius 1 is 0.444 bits per heavy atom. The summed E-state index contributed by atoms with van der Waals surface area (Å²) in [6.45, 7) is 29.6. The van der Waals surface area contributed by atoms with Gasteiger partial charge in [0.2, 0.25) is 0 Å². The van der Waals surface area contributed by atoms with Crippen molar-refractivity contribution in [3.05, 3.63) is 24.3 Å². The first-order valence-corrected chi connectivity index (χ1v) is 33.4. The van der Waals surface area contributed by atoms with Crippen molar-refractivity contribution < 1.29 is 36.9 Å². The molecule has 312 valence electrons. The molecule has 0 aromatic heterocycles. The summed E-state index contributed by atoms with van der Waals surface area (Å²) in [6.07, 6.45) is 13.7. The number of esters is 2. The lowest BCUT2D eigenvalue weighted by Gasteiger charge is -2.34. The maximum atomic E-state index is 12.2. The van der Waals surface area contributed by atoms with Crippen LogP contribution in [0.1, 0.15) is 117 Å². The molecule has 0 radical (unpaired) electrons. The number of rotatable bonds is 34. The number of ketones is 2. The number of ether oxygens (including phenoxy) is 2. The van der Waals surface area contributed by atoms with Crippen LogP contribution in [0.5, 0.6) is 0 Å². The first-order valence-electron chi connectivity index (χ1n) is 20.6. The molecule has 0 amide bonds. The fourth-order valence-electron chi connectivity index (χ4n) is 6.68. The second kappa shape index (κ2) is 27.3. The van der Waals surface area contributed by atoms with E-state index in [1.54, 1.807) is 13.8 Å². The van der Waals surface area contributed by atoms with Crippen molar-refractivity contribution in [1.29, 1.82) is 0 Å². The molecule has 0 rings (SSSR count). The van der Waals surface area contributed by atoms with Gasteiger partial charge in [0.25, 0.3) is 0 Å². The molecule has 54 heavy (non-hydrogen) atoms. The van der Waals surface area contributed by atoms with Gasteiger partial charge >= 0.3 is 11.9 Å². The van der Waals surface area contributed by atoms with Gasteiger partial charge in [-0.25, -0.2) is 9.59 Å². The van der Waals surface area contributed by atoms with Gasteiger partial charge < -0.3 is 17.7 Å². The Kier molecular flexibility index (Phi) is 26.6. The van der Waals surface area contributed by atoms with Crippen LogP contribution in [0.3, 0.4) is 0 Å². The third-order valence-corrected chi connectivity index (χ3v) is 24.9. The molecule has 0 saturated carbocycles. The second-order valence-corrected chi connectivity index (χ2v) is 36.0. The van der Waals surface area contributed by atoms with Gasteiger partial charge in [0.15, 0.2) is 33.3 Å². The van der Waals surface area contributed by atoms with E-state index >= 15 is 0 Å². The maximum absolute atomic E-state index is 12.2. The predicted octanol–water partition coefficient (Wildman–Crippen LogP) is 11.8. The Balaban J connectivity index is 4.15. The van der Waals surface area contributed by atoms with E-state index in [4.69, 9.17) is 29.9 Å². The van der Waals surface area contributed by atoms with Crippen LogP contribution in [0.25, 0.3) is 0 Å². The smallest absolute Gasteiger partial charge is 0.333 e. The minimum Gasteiger partial charge on any atom is -0.462 e. The van der Waals surface area contributed by atoms with Crippen molar-refractivity contribution in [3.8, 4) is 0 Å². The van der Waals surface area contributed by atoms with Gasteiger partial charge in [-0.1, -0.05) is 51.1 Å². The molecule has 0 fully saturated rings. The van der Waals surface area contributed by atoms with Crippen molar-refractivity contribution in [2.24, 2.45) is 0 Å². The van der Waals surface area contributed by atoms with Crippen LogP contribution in [0.4, 0.5) is 0 Å². The van der Waals surface area contributed by atoms with Gasteiger partial charge in [-0.3, -0.25) is 9.59 Å². The molecule has 0 spiro atoms. The topological polar surface area (TPSA) is 105 Å². The highest BCUT2D eigenvalue weighted by molar-refractivity contribution is 7.80. The quantitative estimate of drug-likeness (QED) is 0.0206. The van der Waals surface area contributed by atoms with Gasteiger partial charge in [0.1, 0.15) is 11.6 Å². The maximum Gasteiger partial charge on any atom is 0.333 e. The van der Waals surface area contributed by atoms with Gasteiger partial charge in [0.05, 0.1) is 13.2 Å². The highest BCUT2D eigenvalue weighted by Gasteiger charge is 2.33. The molecule has 0 N–H and O–H groups in total. The van der Waals surface area contributed by atoms with Crippen LogP contribution in [0.2, 0.25) is 76.6 Å². The summed E-state index contributed by atoms with van der Waals surface area (Å²) < 4.78 is 23.8. The molecule has 0 saturated heterocycles. The fraction of sp³-hybridized carbons (Fsp3) is 0.780. The molecule has 13 heteroatoms. The Hall–Kier alpha value is -1.36. The summed E-state index contributed by atoms with van der Waals surface area (Å²) in [5.74, 6) is -0.317. The number of thiocarbonyl (C=S) groups is 1. The van der Waals surface area contributed by atoms with Crippen molar-refractivity contribution in [2.75, 3.05) is 13.2 Å². The van der Waals surface area contributed by atoms with Crippen molar-refractivity contribution in [3.63, 3.8) is 0 Å². The zero-order chi connectivity index (χ0) is 41.4. The van der Waals surface area contributed by atoms with Crippen molar-refractivity contribution in [2.45, 2.75) is 193 Å². The molecular formula is C41H78O8SSi4. The summed E-state index contributed by atoms with van der Waals surface area (Å²) in [6, 6.07) is 4.46. The predicted molar refractivity (Wildman–Crippen MR) is 239 cm³/mol. The second-order valence-electron chi connectivity index (χ2n) is 17.7. The first kappa shape index (κ1) is 52.6. The average Bonchev–Trinajstić information content (AvgIpc) is 3.04. The third-order valence-electron chi connectivity index (χ3n) is 9.41. The molecule has 0 aliphatic carbocycles. The third kappa shape index (κ3) is 29.9. The SMILES string of the molecule is C=C(C)C(=O)OCCCC(=O)CCCC[Si](C)(C)O[Si](C)(C)CCCCC(=S)CCCC[Si](C)(C)O[Si](C)(C)CCCCC(=O)CCCOC(=O)C(=C)C. The molecule has 0 unspecified atom stereocenters. The molecule has 0 atom stereocenters. The minimum absolute atomic E-state index is 0.237. The van der Waals surface area contributed by atoms with E-state index in [2.05, 4.69) is 65.5 Å². The van der Waals surface area contributed by atoms with Crippen LogP contribution < -0.4 is 0 Å². The van der Waals surface area contributed by atoms with E-state index < -0.39 is 45.2 Å². The molecular weight excluding hydrogens is 765 g/mol. The van der Waals surface area contributed by atoms with Gasteiger partial charge in [0, 0.05) is 36.8 Å². The van der Waals surface area contributed by atoms with Crippen LogP contribution in [0, 0.1) is 0 Å². The lowest BCUT2D eigenvalue weighted by molar-refractivity contribution is -0.140. The highest BCUT2D eigenvalue weighted by Crippen LogP contribution is 2.27. The van der Waals surface area contributed by atoms with Crippen molar-refractivity contribution >= 4 is 73.9 Å².